The highest BCUT2D eigenvalue weighted by molar-refractivity contribution is 6.02. The smallest absolute Gasteiger partial charge is 0.253 e. The first kappa shape index (κ1) is 22.3. The fourth-order valence-corrected chi connectivity index (χ4v) is 4.41. The second kappa shape index (κ2) is 10.6. The Hall–Kier alpha value is -2.86. The summed E-state index contributed by atoms with van der Waals surface area (Å²) in [4.78, 5) is 28.0. The molecule has 32 heavy (non-hydrogen) atoms. The molecular formula is C26H33N3O3. The van der Waals surface area contributed by atoms with Gasteiger partial charge in [-0.15, -0.1) is 0 Å². The summed E-state index contributed by atoms with van der Waals surface area (Å²) >= 11 is 0. The molecular weight excluding hydrogens is 402 g/mol. The van der Waals surface area contributed by atoms with Gasteiger partial charge < -0.3 is 20.3 Å². The monoisotopic (exact) mass is 435 g/mol. The lowest BCUT2D eigenvalue weighted by atomic mass is 9.97. The number of carbonyl (C=O) groups excluding carboxylic acids is 2. The molecule has 0 saturated carbocycles. The van der Waals surface area contributed by atoms with E-state index in [1.807, 2.05) is 42.5 Å². The van der Waals surface area contributed by atoms with Crippen molar-refractivity contribution in [1.82, 2.24) is 5.32 Å². The van der Waals surface area contributed by atoms with Crippen LogP contribution >= 0.6 is 0 Å². The van der Waals surface area contributed by atoms with Crippen molar-refractivity contribution < 1.29 is 14.3 Å². The molecule has 170 valence electrons. The van der Waals surface area contributed by atoms with E-state index in [-0.39, 0.29) is 17.9 Å². The van der Waals surface area contributed by atoms with Crippen molar-refractivity contribution in [3.8, 4) is 0 Å². The number of benzene rings is 2. The number of nitrogens with zero attached hydrogens (tertiary/aromatic N) is 1. The predicted octanol–water partition coefficient (Wildman–Crippen LogP) is 4.01. The minimum atomic E-state index is -0.117. The number of rotatable bonds is 7. The van der Waals surface area contributed by atoms with E-state index in [9.17, 15) is 9.59 Å². The average Bonchev–Trinajstić information content (AvgIpc) is 3.32. The van der Waals surface area contributed by atoms with E-state index in [0.29, 0.717) is 30.1 Å². The first-order chi connectivity index (χ1) is 15.6. The molecule has 0 spiro atoms. The highest BCUT2D eigenvalue weighted by atomic mass is 16.5. The molecule has 2 N–H and O–H groups in total. The quantitative estimate of drug-likeness (QED) is 0.689. The fourth-order valence-electron chi connectivity index (χ4n) is 4.41. The van der Waals surface area contributed by atoms with Gasteiger partial charge in [0.1, 0.15) is 0 Å². The van der Waals surface area contributed by atoms with E-state index >= 15 is 0 Å². The number of piperidine rings is 1. The van der Waals surface area contributed by atoms with Crippen molar-refractivity contribution in [3.63, 3.8) is 0 Å². The Morgan fingerprint density at radius 1 is 1.06 bits per heavy atom. The zero-order valence-corrected chi connectivity index (χ0v) is 18.8. The van der Waals surface area contributed by atoms with Gasteiger partial charge in [0.15, 0.2) is 0 Å². The molecule has 4 rings (SSSR count). The van der Waals surface area contributed by atoms with E-state index in [2.05, 4.69) is 22.5 Å². The third-order valence-corrected chi connectivity index (χ3v) is 6.37. The zero-order chi connectivity index (χ0) is 22.3. The Balaban J connectivity index is 1.49. The molecule has 1 atom stereocenters. The van der Waals surface area contributed by atoms with Crippen LogP contribution in [0.1, 0.15) is 48.5 Å². The minimum absolute atomic E-state index is 0.0898. The fraction of sp³-hybridized carbons (Fsp3) is 0.462. The molecule has 2 heterocycles. The van der Waals surface area contributed by atoms with Crippen LogP contribution in [0.15, 0.2) is 48.5 Å². The van der Waals surface area contributed by atoms with Gasteiger partial charge in [0.2, 0.25) is 5.91 Å². The number of ether oxygens (including phenoxy) is 1. The van der Waals surface area contributed by atoms with Gasteiger partial charge in [-0.2, -0.15) is 0 Å². The van der Waals surface area contributed by atoms with Gasteiger partial charge in [0.25, 0.3) is 5.91 Å². The maximum absolute atomic E-state index is 13.2. The van der Waals surface area contributed by atoms with Crippen LogP contribution in [0.3, 0.4) is 0 Å². The highest BCUT2D eigenvalue weighted by Crippen LogP contribution is 2.29. The molecule has 2 aromatic carbocycles. The molecule has 2 fully saturated rings. The highest BCUT2D eigenvalue weighted by Gasteiger charge is 2.23. The van der Waals surface area contributed by atoms with Gasteiger partial charge in [-0.1, -0.05) is 37.3 Å². The van der Waals surface area contributed by atoms with Crippen LogP contribution in [0, 0.1) is 5.92 Å². The second-order valence-electron chi connectivity index (χ2n) is 8.96. The molecule has 0 aliphatic carbocycles. The third-order valence-electron chi connectivity index (χ3n) is 6.37. The summed E-state index contributed by atoms with van der Waals surface area (Å²) in [6.07, 6.45) is 4.65. The maximum atomic E-state index is 13.2. The Morgan fingerprint density at radius 3 is 2.56 bits per heavy atom. The van der Waals surface area contributed by atoms with Gasteiger partial charge >= 0.3 is 0 Å². The lowest BCUT2D eigenvalue weighted by Crippen LogP contribution is -2.36. The van der Waals surface area contributed by atoms with Gasteiger partial charge in [0.05, 0.1) is 18.1 Å². The summed E-state index contributed by atoms with van der Waals surface area (Å²) in [7, 11) is 0. The SMILES string of the molecule is CC1CCN(c2ccc(NC(=O)Cc3ccccc3)cc2C(=O)NCC2CCCO2)CC1. The van der Waals surface area contributed by atoms with E-state index in [4.69, 9.17) is 4.74 Å². The number of hydrogen-bond donors (Lipinski definition) is 2. The van der Waals surface area contributed by atoms with Crippen molar-refractivity contribution in [2.45, 2.75) is 45.1 Å². The summed E-state index contributed by atoms with van der Waals surface area (Å²) in [6, 6.07) is 15.3. The molecule has 0 bridgehead atoms. The van der Waals surface area contributed by atoms with Crippen molar-refractivity contribution in [3.05, 3.63) is 59.7 Å². The first-order valence-corrected chi connectivity index (χ1v) is 11.7. The predicted molar refractivity (Wildman–Crippen MR) is 127 cm³/mol. The van der Waals surface area contributed by atoms with Crippen LogP contribution < -0.4 is 15.5 Å². The van der Waals surface area contributed by atoms with Gasteiger partial charge in [0, 0.05) is 37.6 Å². The van der Waals surface area contributed by atoms with Crippen LogP contribution in [0.5, 0.6) is 0 Å². The van der Waals surface area contributed by atoms with E-state index in [1.54, 1.807) is 6.07 Å². The standard InChI is InChI=1S/C26H33N3O3/c1-19-11-13-29(14-12-19)24-10-9-21(28-25(30)16-20-6-3-2-4-7-20)17-23(24)26(31)27-18-22-8-5-15-32-22/h2-4,6-7,9-10,17,19,22H,5,8,11-16,18H2,1H3,(H,27,31)(H,28,30). The molecule has 2 amide bonds. The van der Waals surface area contributed by atoms with E-state index < -0.39 is 0 Å². The van der Waals surface area contributed by atoms with Crippen LogP contribution in [0.4, 0.5) is 11.4 Å². The molecule has 2 aliphatic heterocycles. The van der Waals surface area contributed by atoms with Crippen molar-refractivity contribution in [2.24, 2.45) is 5.92 Å². The zero-order valence-electron chi connectivity index (χ0n) is 18.8. The number of anilines is 2. The van der Waals surface area contributed by atoms with Crippen molar-refractivity contribution in [2.75, 3.05) is 36.5 Å². The summed E-state index contributed by atoms with van der Waals surface area (Å²) in [6.45, 7) is 5.43. The third kappa shape index (κ3) is 5.88. The van der Waals surface area contributed by atoms with Crippen LogP contribution in [0.2, 0.25) is 0 Å². The van der Waals surface area contributed by atoms with Gasteiger partial charge in [-0.3, -0.25) is 9.59 Å². The molecule has 2 saturated heterocycles. The Morgan fingerprint density at radius 2 is 1.84 bits per heavy atom. The van der Waals surface area contributed by atoms with Crippen LogP contribution in [-0.2, 0) is 16.0 Å². The summed E-state index contributed by atoms with van der Waals surface area (Å²) in [5.74, 6) is 0.495. The summed E-state index contributed by atoms with van der Waals surface area (Å²) in [5, 5.41) is 6.00. The largest absolute Gasteiger partial charge is 0.376 e. The average molecular weight is 436 g/mol. The Bertz CT molecular complexity index is 917. The van der Waals surface area contributed by atoms with Crippen molar-refractivity contribution >= 4 is 23.2 Å². The summed E-state index contributed by atoms with van der Waals surface area (Å²) < 4.78 is 5.65. The van der Waals surface area contributed by atoms with Crippen molar-refractivity contribution in [1.29, 1.82) is 0 Å². The normalized spacial score (nSPS) is 19.0. The molecule has 6 heteroatoms. The van der Waals surface area contributed by atoms with Crippen LogP contribution in [0.25, 0.3) is 0 Å². The van der Waals surface area contributed by atoms with E-state index in [1.165, 1.54) is 0 Å². The number of carbonyl (C=O) groups is 2. The molecule has 2 aromatic rings. The lowest BCUT2D eigenvalue weighted by Gasteiger charge is -2.33. The van der Waals surface area contributed by atoms with Gasteiger partial charge in [-0.05, 0) is 55.4 Å². The number of hydrogen-bond acceptors (Lipinski definition) is 4. The molecule has 0 radical (unpaired) electrons. The molecule has 2 aliphatic rings. The maximum Gasteiger partial charge on any atom is 0.253 e. The summed E-state index contributed by atoms with van der Waals surface area (Å²) in [5.41, 5.74) is 3.14. The number of nitrogens with one attached hydrogen (secondary N) is 2. The second-order valence-corrected chi connectivity index (χ2v) is 8.96. The Labute approximate surface area is 190 Å². The minimum Gasteiger partial charge on any atom is -0.376 e. The molecule has 0 aromatic heterocycles. The van der Waals surface area contributed by atoms with Crippen LogP contribution in [-0.4, -0.2) is 44.2 Å². The topological polar surface area (TPSA) is 70.7 Å². The Kier molecular flexibility index (Phi) is 7.43. The first-order valence-electron chi connectivity index (χ1n) is 11.7. The molecule has 6 nitrogen and oxygen atoms in total. The molecule has 1 unspecified atom stereocenters. The number of amides is 2. The lowest BCUT2D eigenvalue weighted by molar-refractivity contribution is -0.115. The van der Waals surface area contributed by atoms with E-state index in [0.717, 1.165) is 56.6 Å². The van der Waals surface area contributed by atoms with Gasteiger partial charge in [-0.25, -0.2) is 0 Å².